The van der Waals surface area contributed by atoms with Gasteiger partial charge < -0.3 is 14.8 Å². The first-order chi connectivity index (χ1) is 5.31. The Bertz CT molecular complexity index is 106. The van der Waals surface area contributed by atoms with Crippen molar-refractivity contribution < 1.29 is 14.3 Å². The number of methoxy groups -OCH3 is 1. The highest BCUT2D eigenvalue weighted by atomic mass is 16.6. The topological polar surface area (TPSA) is 47.6 Å². The van der Waals surface area contributed by atoms with Gasteiger partial charge >= 0.3 is 5.97 Å². The zero-order valence-corrected chi connectivity index (χ0v) is 7.05. The molecule has 0 spiro atoms. The summed E-state index contributed by atoms with van der Waals surface area (Å²) in [6.45, 7) is 1.36. The molecule has 0 saturated carbocycles. The molecular formula is C7H15NO3. The molecule has 0 bridgehead atoms. The molecule has 0 atom stereocenters. The van der Waals surface area contributed by atoms with Crippen LogP contribution >= 0.6 is 0 Å². The number of hydrogen-bond donors (Lipinski definition) is 1. The second-order valence-electron chi connectivity index (χ2n) is 2.11. The molecule has 66 valence electrons. The summed E-state index contributed by atoms with van der Waals surface area (Å²) in [6.07, 6.45) is 0.839. The van der Waals surface area contributed by atoms with Gasteiger partial charge in [-0.1, -0.05) is 0 Å². The Labute approximate surface area is 66.9 Å². The van der Waals surface area contributed by atoms with Crippen LogP contribution in [0.2, 0.25) is 0 Å². The van der Waals surface area contributed by atoms with Gasteiger partial charge in [0.05, 0.1) is 6.61 Å². The van der Waals surface area contributed by atoms with Gasteiger partial charge in [-0.3, -0.25) is 0 Å². The summed E-state index contributed by atoms with van der Waals surface area (Å²) < 4.78 is 9.35. The van der Waals surface area contributed by atoms with Gasteiger partial charge in [-0.15, -0.1) is 0 Å². The van der Waals surface area contributed by atoms with Gasteiger partial charge in [0.15, 0.2) is 0 Å². The van der Waals surface area contributed by atoms with E-state index in [-0.39, 0.29) is 12.6 Å². The summed E-state index contributed by atoms with van der Waals surface area (Å²) in [5, 5.41) is 2.95. The first-order valence-electron chi connectivity index (χ1n) is 3.60. The first kappa shape index (κ1) is 10.4. The minimum atomic E-state index is -0.302. The van der Waals surface area contributed by atoms with Crippen molar-refractivity contribution >= 4 is 5.97 Å². The first-order valence-corrected chi connectivity index (χ1v) is 3.60. The van der Waals surface area contributed by atoms with Crippen LogP contribution in [0.25, 0.3) is 0 Å². The van der Waals surface area contributed by atoms with Crippen molar-refractivity contribution in [3.63, 3.8) is 0 Å². The van der Waals surface area contributed by atoms with Crippen LogP contribution in [0.4, 0.5) is 0 Å². The molecule has 4 nitrogen and oxygen atoms in total. The molecule has 0 radical (unpaired) electrons. The number of ether oxygens (including phenoxy) is 2. The van der Waals surface area contributed by atoms with Gasteiger partial charge in [0.2, 0.25) is 0 Å². The van der Waals surface area contributed by atoms with Crippen molar-refractivity contribution in [1.29, 1.82) is 0 Å². The van der Waals surface area contributed by atoms with Crippen LogP contribution in [0.5, 0.6) is 0 Å². The maximum Gasteiger partial charge on any atom is 0.332 e. The van der Waals surface area contributed by atoms with Gasteiger partial charge in [0.25, 0.3) is 0 Å². The fourth-order valence-corrected chi connectivity index (χ4v) is 0.594. The van der Waals surface area contributed by atoms with Crippen molar-refractivity contribution in [3.8, 4) is 0 Å². The number of nitrogens with one attached hydrogen (secondary N) is 1. The van der Waals surface area contributed by atoms with E-state index in [2.05, 4.69) is 10.1 Å². The third kappa shape index (κ3) is 7.29. The van der Waals surface area contributed by atoms with E-state index in [1.165, 1.54) is 7.11 Å². The van der Waals surface area contributed by atoms with E-state index in [0.717, 1.165) is 13.0 Å². The smallest absolute Gasteiger partial charge is 0.332 e. The molecule has 0 aliphatic carbocycles. The quantitative estimate of drug-likeness (QED) is 0.432. The molecule has 0 fully saturated rings. The highest BCUT2D eigenvalue weighted by Gasteiger charge is 1.98. The van der Waals surface area contributed by atoms with E-state index in [4.69, 9.17) is 4.74 Å². The molecule has 0 aromatic rings. The summed E-state index contributed by atoms with van der Waals surface area (Å²) in [4.78, 5) is 10.6. The Kier molecular flexibility index (Phi) is 7.08. The lowest BCUT2D eigenvalue weighted by atomic mass is 10.4. The summed E-state index contributed by atoms with van der Waals surface area (Å²) in [6, 6.07) is 0. The number of carbonyl (C=O) groups is 1. The predicted molar refractivity (Wildman–Crippen MR) is 41.4 cm³/mol. The SMILES string of the molecule is CNCCCOC(=O)COC. The second-order valence-corrected chi connectivity index (χ2v) is 2.11. The van der Waals surface area contributed by atoms with Gasteiger partial charge in [-0.2, -0.15) is 0 Å². The Balaban J connectivity index is 3.04. The van der Waals surface area contributed by atoms with Gasteiger partial charge in [0.1, 0.15) is 6.61 Å². The number of esters is 1. The van der Waals surface area contributed by atoms with Gasteiger partial charge in [-0.05, 0) is 20.0 Å². The van der Waals surface area contributed by atoms with Crippen LogP contribution in [-0.2, 0) is 14.3 Å². The lowest BCUT2D eigenvalue weighted by Crippen LogP contribution is -2.15. The molecule has 11 heavy (non-hydrogen) atoms. The van der Waals surface area contributed by atoms with Crippen LogP contribution in [-0.4, -0.2) is 39.9 Å². The third-order valence-electron chi connectivity index (χ3n) is 1.10. The molecule has 0 aromatic heterocycles. The lowest BCUT2D eigenvalue weighted by molar-refractivity contribution is -0.147. The van der Waals surface area contributed by atoms with E-state index < -0.39 is 0 Å². The van der Waals surface area contributed by atoms with E-state index in [9.17, 15) is 4.79 Å². The zero-order chi connectivity index (χ0) is 8.53. The Hall–Kier alpha value is -0.610. The highest BCUT2D eigenvalue weighted by molar-refractivity contribution is 5.70. The Morgan fingerprint density at radius 1 is 1.55 bits per heavy atom. The van der Waals surface area contributed by atoms with Gasteiger partial charge in [0, 0.05) is 7.11 Å². The molecule has 0 heterocycles. The summed E-state index contributed by atoms with van der Waals surface area (Å²) in [5.41, 5.74) is 0. The van der Waals surface area contributed by atoms with Crippen LogP contribution in [0.15, 0.2) is 0 Å². The average molecular weight is 161 g/mol. The molecular weight excluding hydrogens is 146 g/mol. The number of carbonyl (C=O) groups excluding carboxylic acids is 1. The monoisotopic (exact) mass is 161 g/mol. The average Bonchev–Trinajstić information content (AvgIpc) is 1.99. The molecule has 0 amide bonds. The van der Waals surface area contributed by atoms with Crippen LogP contribution in [0.3, 0.4) is 0 Å². The molecule has 0 rings (SSSR count). The van der Waals surface area contributed by atoms with Crippen molar-refractivity contribution in [1.82, 2.24) is 5.32 Å². The minimum Gasteiger partial charge on any atom is -0.464 e. The molecule has 0 aliphatic heterocycles. The van der Waals surface area contributed by atoms with E-state index in [1.54, 1.807) is 0 Å². The Morgan fingerprint density at radius 3 is 2.82 bits per heavy atom. The zero-order valence-electron chi connectivity index (χ0n) is 7.05. The predicted octanol–water partition coefficient (Wildman–Crippen LogP) is -0.215. The van der Waals surface area contributed by atoms with E-state index in [1.807, 2.05) is 7.05 Å². The lowest BCUT2D eigenvalue weighted by Gasteiger charge is -2.02. The largest absolute Gasteiger partial charge is 0.464 e. The maximum atomic E-state index is 10.6. The molecule has 1 N–H and O–H groups in total. The van der Waals surface area contributed by atoms with Crippen molar-refractivity contribution in [2.24, 2.45) is 0 Å². The molecule has 4 heteroatoms. The van der Waals surface area contributed by atoms with Crippen LogP contribution in [0, 0.1) is 0 Å². The number of rotatable bonds is 6. The summed E-state index contributed by atoms with van der Waals surface area (Å²) in [7, 11) is 3.33. The van der Waals surface area contributed by atoms with E-state index in [0.29, 0.717) is 6.61 Å². The van der Waals surface area contributed by atoms with Crippen molar-refractivity contribution in [3.05, 3.63) is 0 Å². The molecule has 0 aromatic carbocycles. The minimum absolute atomic E-state index is 0.0412. The van der Waals surface area contributed by atoms with Crippen LogP contribution < -0.4 is 5.32 Å². The number of hydrogen-bond acceptors (Lipinski definition) is 4. The Morgan fingerprint density at radius 2 is 2.27 bits per heavy atom. The molecule has 0 unspecified atom stereocenters. The standard InChI is InChI=1S/C7H15NO3/c1-8-4-3-5-11-7(9)6-10-2/h8H,3-6H2,1-2H3. The van der Waals surface area contributed by atoms with E-state index >= 15 is 0 Å². The summed E-state index contributed by atoms with van der Waals surface area (Å²) >= 11 is 0. The normalized spacial score (nSPS) is 9.64. The van der Waals surface area contributed by atoms with Crippen molar-refractivity contribution in [2.75, 3.05) is 33.9 Å². The molecule has 0 saturated heterocycles. The highest BCUT2D eigenvalue weighted by Crippen LogP contribution is 1.82. The fraction of sp³-hybridized carbons (Fsp3) is 0.857. The molecule has 0 aliphatic rings. The fourth-order valence-electron chi connectivity index (χ4n) is 0.594. The maximum absolute atomic E-state index is 10.6. The third-order valence-corrected chi connectivity index (χ3v) is 1.10. The van der Waals surface area contributed by atoms with Crippen LogP contribution in [0.1, 0.15) is 6.42 Å². The second kappa shape index (κ2) is 7.50. The summed E-state index contributed by atoms with van der Waals surface area (Å²) in [5.74, 6) is -0.302. The van der Waals surface area contributed by atoms with Gasteiger partial charge in [-0.25, -0.2) is 4.79 Å². The van der Waals surface area contributed by atoms with Crippen molar-refractivity contribution in [2.45, 2.75) is 6.42 Å².